The zero-order valence-electron chi connectivity index (χ0n) is 12.5. The first-order valence-electron chi connectivity index (χ1n) is 7.68. The molecule has 1 aromatic heterocycles. The van der Waals surface area contributed by atoms with Crippen molar-refractivity contribution in [3.8, 4) is 0 Å². The third kappa shape index (κ3) is 2.47. The van der Waals surface area contributed by atoms with Crippen molar-refractivity contribution in [2.24, 2.45) is 0 Å². The molecule has 0 saturated heterocycles. The normalized spacial score (nSPS) is 13.9. The van der Waals surface area contributed by atoms with Gasteiger partial charge in [0.15, 0.2) is 0 Å². The lowest BCUT2D eigenvalue weighted by molar-refractivity contribution is 0.0986. The predicted octanol–water partition coefficient (Wildman–Crippen LogP) is 4.48. The second kappa shape index (κ2) is 5.67. The van der Waals surface area contributed by atoms with Gasteiger partial charge < -0.3 is 4.90 Å². The van der Waals surface area contributed by atoms with Gasteiger partial charge in [-0.1, -0.05) is 29.8 Å². The summed E-state index contributed by atoms with van der Waals surface area (Å²) in [5, 5.41) is 1.61. The minimum Gasteiger partial charge on any atom is -0.308 e. The molecule has 2 heterocycles. The largest absolute Gasteiger partial charge is 0.308 e. The van der Waals surface area contributed by atoms with E-state index >= 15 is 0 Å². The number of aromatic nitrogens is 1. The van der Waals surface area contributed by atoms with Crippen molar-refractivity contribution in [3.05, 3.63) is 70.9 Å². The van der Waals surface area contributed by atoms with E-state index in [1.807, 2.05) is 47.4 Å². The number of aryl methyl sites for hydroxylation is 1. The number of hydrogen-bond donors (Lipinski definition) is 0. The third-order valence-electron chi connectivity index (χ3n) is 4.28. The number of nitrogens with zero attached hydrogens (tertiary/aromatic N) is 2. The Morgan fingerprint density at radius 2 is 2.00 bits per heavy atom. The van der Waals surface area contributed by atoms with E-state index in [-0.39, 0.29) is 5.91 Å². The molecule has 4 heteroatoms. The number of hydrogen-bond acceptors (Lipinski definition) is 2. The fourth-order valence-electron chi connectivity index (χ4n) is 3.20. The van der Waals surface area contributed by atoms with E-state index in [9.17, 15) is 4.79 Å². The number of anilines is 1. The predicted molar refractivity (Wildman–Crippen MR) is 93.2 cm³/mol. The quantitative estimate of drug-likeness (QED) is 0.661. The molecule has 0 N–H and O–H groups in total. The van der Waals surface area contributed by atoms with E-state index in [1.165, 1.54) is 0 Å². The Bertz CT molecular complexity index is 902. The minimum absolute atomic E-state index is 0.0203. The first-order chi connectivity index (χ1) is 11.2. The summed E-state index contributed by atoms with van der Waals surface area (Å²) in [6, 6.07) is 15.3. The number of pyridine rings is 1. The van der Waals surface area contributed by atoms with Gasteiger partial charge in [-0.05, 0) is 48.7 Å². The van der Waals surface area contributed by atoms with Crippen LogP contribution in [0.15, 0.2) is 54.7 Å². The summed E-state index contributed by atoms with van der Waals surface area (Å²) in [5.41, 5.74) is 3.63. The average Bonchev–Trinajstić information content (AvgIpc) is 2.60. The summed E-state index contributed by atoms with van der Waals surface area (Å²) in [6.07, 6.45) is 3.60. The molecule has 0 aliphatic carbocycles. The van der Waals surface area contributed by atoms with E-state index in [0.29, 0.717) is 10.6 Å². The van der Waals surface area contributed by atoms with Crippen LogP contribution in [0.3, 0.4) is 0 Å². The maximum absolute atomic E-state index is 13.1. The van der Waals surface area contributed by atoms with Crippen LogP contribution in [0.2, 0.25) is 5.02 Å². The molecule has 3 aromatic rings. The molecule has 23 heavy (non-hydrogen) atoms. The van der Waals surface area contributed by atoms with Crippen molar-refractivity contribution in [2.75, 3.05) is 11.4 Å². The maximum Gasteiger partial charge on any atom is 0.259 e. The first-order valence-corrected chi connectivity index (χ1v) is 8.06. The smallest absolute Gasteiger partial charge is 0.259 e. The molecule has 1 aliphatic heterocycles. The molecule has 0 atom stereocenters. The van der Waals surface area contributed by atoms with Crippen LogP contribution in [0.4, 0.5) is 5.69 Å². The molecule has 4 rings (SSSR count). The number of para-hydroxylation sites is 1. The zero-order valence-corrected chi connectivity index (χ0v) is 13.3. The van der Waals surface area contributed by atoms with Crippen LogP contribution < -0.4 is 4.90 Å². The number of amides is 1. The van der Waals surface area contributed by atoms with Gasteiger partial charge in [0, 0.05) is 28.8 Å². The van der Waals surface area contributed by atoms with Crippen LogP contribution in [-0.4, -0.2) is 17.4 Å². The highest BCUT2D eigenvalue weighted by molar-refractivity contribution is 6.30. The zero-order chi connectivity index (χ0) is 15.8. The number of rotatable bonds is 1. The highest BCUT2D eigenvalue weighted by atomic mass is 35.5. The summed E-state index contributed by atoms with van der Waals surface area (Å²) in [6.45, 7) is 0.726. The average molecular weight is 323 g/mol. The fourth-order valence-corrected chi connectivity index (χ4v) is 3.40. The molecule has 3 nitrogen and oxygen atoms in total. The second-order valence-corrected chi connectivity index (χ2v) is 6.15. The van der Waals surface area contributed by atoms with Crippen LogP contribution in [0, 0.1) is 0 Å². The topological polar surface area (TPSA) is 33.2 Å². The molecule has 0 saturated carbocycles. The number of halogens is 1. The Balaban J connectivity index is 1.81. The lowest BCUT2D eigenvalue weighted by atomic mass is 10.00. The minimum atomic E-state index is 0.0203. The standard InChI is InChI=1S/C19H15ClN2O/c20-14-7-8-18-13(12-14)4-3-11-22(18)19(23)16-9-10-21-17-6-2-1-5-15(16)17/h1-2,5-10,12H,3-4,11H2. The highest BCUT2D eigenvalue weighted by Gasteiger charge is 2.24. The van der Waals surface area contributed by atoms with Crippen LogP contribution >= 0.6 is 11.6 Å². The van der Waals surface area contributed by atoms with Crippen molar-refractivity contribution in [2.45, 2.75) is 12.8 Å². The molecule has 1 aliphatic rings. The van der Waals surface area contributed by atoms with E-state index in [0.717, 1.165) is 41.5 Å². The van der Waals surface area contributed by atoms with Crippen LogP contribution in [0.5, 0.6) is 0 Å². The monoisotopic (exact) mass is 322 g/mol. The fraction of sp³-hybridized carbons (Fsp3) is 0.158. The molecule has 0 spiro atoms. The van der Waals surface area contributed by atoms with E-state index in [2.05, 4.69) is 4.98 Å². The Labute approximate surface area is 139 Å². The van der Waals surface area contributed by atoms with Gasteiger partial charge in [-0.3, -0.25) is 9.78 Å². The van der Waals surface area contributed by atoms with Crippen LogP contribution in [-0.2, 0) is 6.42 Å². The van der Waals surface area contributed by atoms with Crippen LogP contribution in [0.25, 0.3) is 10.9 Å². The maximum atomic E-state index is 13.1. The molecule has 1 amide bonds. The number of carbonyl (C=O) groups is 1. The molecule has 0 fully saturated rings. The van der Waals surface area contributed by atoms with Crippen molar-refractivity contribution in [3.63, 3.8) is 0 Å². The Morgan fingerprint density at radius 1 is 1.13 bits per heavy atom. The lowest BCUT2D eigenvalue weighted by Gasteiger charge is -2.30. The molecule has 0 unspecified atom stereocenters. The van der Waals surface area contributed by atoms with Gasteiger partial charge >= 0.3 is 0 Å². The van der Waals surface area contributed by atoms with Crippen molar-refractivity contribution >= 4 is 34.1 Å². The Morgan fingerprint density at radius 3 is 2.91 bits per heavy atom. The van der Waals surface area contributed by atoms with Gasteiger partial charge in [0.2, 0.25) is 0 Å². The van der Waals surface area contributed by atoms with Gasteiger partial charge in [0.05, 0.1) is 11.1 Å². The molecule has 114 valence electrons. The molecule has 2 aromatic carbocycles. The molecular formula is C19H15ClN2O. The van der Waals surface area contributed by atoms with Gasteiger partial charge in [-0.15, -0.1) is 0 Å². The summed E-state index contributed by atoms with van der Waals surface area (Å²) < 4.78 is 0. The summed E-state index contributed by atoms with van der Waals surface area (Å²) in [7, 11) is 0. The van der Waals surface area contributed by atoms with E-state index < -0.39 is 0 Å². The number of benzene rings is 2. The van der Waals surface area contributed by atoms with Crippen molar-refractivity contribution < 1.29 is 4.79 Å². The first kappa shape index (κ1) is 14.2. The summed E-state index contributed by atoms with van der Waals surface area (Å²) in [4.78, 5) is 19.3. The van der Waals surface area contributed by atoms with E-state index in [1.54, 1.807) is 12.3 Å². The number of fused-ring (bicyclic) bond motifs is 2. The van der Waals surface area contributed by atoms with Crippen molar-refractivity contribution in [1.82, 2.24) is 4.98 Å². The SMILES string of the molecule is O=C(c1ccnc2ccccc12)N1CCCc2cc(Cl)ccc21. The van der Waals surface area contributed by atoms with Gasteiger partial charge in [-0.2, -0.15) is 0 Å². The number of carbonyl (C=O) groups excluding carboxylic acids is 1. The molecular weight excluding hydrogens is 308 g/mol. The second-order valence-electron chi connectivity index (χ2n) is 5.71. The van der Waals surface area contributed by atoms with Gasteiger partial charge in [0.25, 0.3) is 5.91 Å². The molecule has 0 radical (unpaired) electrons. The van der Waals surface area contributed by atoms with E-state index in [4.69, 9.17) is 11.6 Å². The molecule has 0 bridgehead atoms. The lowest BCUT2D eigenvalue weighted by Crippen LogP contribution is -2.35. The summed E-state index contributed by atoms with van der Waals surface area (Å²) >= 11 is 6.09. The van der Waals surface area contributed by atoms with Crippen LogP contribution in [0.1, 0.15) is 22.3 Å². The van der Waals surface area contributed by atoms with Crippen molar-refractivity contribution in [1.29, 1.82) is 0 Å². The highest BCUT2D eigenvalue weighted by Crippen LogP contribution is 2.31. The summed E-state index contributed by atoms with van der Waals surface area (Å²) in [5.74, 6) is 0.0203. The Hall–Kier alpha value is -2.39. The Kier molecular flexibility index (Phi) is 3.50. The van der Waals surface area contributed by atoms with Gasteiger partial charge in [-0.25, -0.2) is 0 Å². The third-order valence-corrected chi connectivity index (χ3v) is 4.52. The van der Waals surface area contributed by atoms with Gasteiger partial charge in [0.1, 0.15) is 0 Å².